The standard InChI is InChI=1S/C5H8N2S/c1-4-5(8)3-7(2)6-4/h3,8H,1-2H3. The zero-order chi connectivity index (χ0) is 6.15. The van der Waals surface area contributed by atoms with Gasteiger partial charge < -0.3 is 0 Å². The molecular formula is C5H8N2S. The van der Waals surface area contributed by atoms with Gasteiger partial charge in [-0.2, -0.15) is 5.10 Å². The fraction of sp³-hybridized carbons (Fsp3) is 0.400. The first kappa shape index (κ1) is 5.69. The fourth-order valence-electron chi connectivity index (χ4n) is 0.587. The maximum atomic E-state index is 4.14. The largest absolute Gasteiger partial charge is 0.274 e. The second-order valence-electron chi connectivity index (χ2n) is 1.77. The van der Waals surface area contributed by atoms with Gasteiger partial charge in [0.2, 0.25) is 0 Å². The molecule has 0 N–H and O–H groups in total. The van der Waals surface area contributed by atoms with E-state index in [1.54, 1.807) is 4.68 Å². The van der Waals surface area contributed by atoms with Crippen molar-refractivity contribution in [1.29, 1.82) is 0 Å². The van der Waals surface area contributed by atoms with Crippen molar-refractivity contribution in [3.05, 3.63) is 11.9 Å². The molecule has 0 aliphatic carbocycles. The number of thiol groups is 1. The van der Waals surface area contributed by atoms with Crippen molar-refractivity contribution in [3.8, 4) is 0 Å². The first-order valence-electron chi connectivity index (χ1n) is 2.39. The van der Waals surface area contributed by atoms with Crippen molar-refractivity contribution in [2.24, 2.45) is 7.05 Å². The van der Waals surface area contributed by atoms with Crippen LogP contribution in [0.1, 0.15) is 5.69 Å². The molecule has 3 heteroatoms. The third-order valence-electron chi connectivity index (χ3n) is 0.988. The zero-order valence-electron chi connectivity index (χ0n) is 4.92. The van der Waals surface area contributed by atoms with Gasteiger partial charge in [0.25, 0.3) is 0 Å². The molecule has 2 nitrogen and oxygen atoms in total. The average molecular weight is 128 g/mol. The van der Waals surface area contributed by atoms with Gasteiger partial charge in [-0.05, 0) is 6.92 Å². The van der Waals surface area contributed by atoms with Crippen molar-refractivity contribution < 1.29 is 0 Å². The number of rotatable bonds is 0. The van der Waals surface area contributed by atoms with Crippen LogP contribution >= 0.6 is 12.6 Å². The second-order valence-corrected chi connectivity index (χ2v) is 2.26. The topological polar surface area (TPSA) is 17.8 Å². The first-order chi connectivity index (χ1) is 3.70. The van der Waals surface area contributed by atoms with Crippen LogP contribution in [0.4, 0.5) is 0 Å². The van der Waals surface area contributed by atoms with Crippen LogP contribution in [0.15, 0.2) is 11.1 Å². The van der Waals surface area contributed by atoms with Crippen molar-refractivity contribution in [3.63, 3.8) is 0 Å². The van der Waals surface area contributed by atoms with Crippen molar-refractivity contribution in [1.82, 2.24) is 9.78 Å². The lowest BCUT2D eigenvalue weighted by atomic mass is 10.5. The van der Waals surface area contributed by atoms with Gasteiger partial charge in [-0.1, -0.05) is 0 Å². The molecule has 0 saturated heterocycles. The molecule has 44 valence electrons. The van der Waals surface area contributed by atoms with Crippen LogP contribution in [0.25, 0.3) is 0 Å². The third-order valence-corrected chi connectivity index (χ3v) is 1.43. The number of aromatic nitrogens is 2. The molecular weight excluding hydrogens is 120 g/mol. The highest BCUT2D eigenvalue weighted by molar-refractivity contribution is 7.80. The Labute approximate surface area is 53.9 Å². The van der Waals surface area contributed by atoms with E-state index in [9.17, 15) is 0 Å². The summed E-state index contributed by atoms with van der Waals surface area (Å²) in [4.78, 5) is 0.951. The number of aryl methyl sites for hydroxylation is 2. The molecule has 0 aromatic carbocycles. The van der Waals surface area contributed by atoms with Crippen LogP contribution in [0.5, 0.6) is 0 Å². The van der Waals surface area contributed by atoms with Gasteiger partial charge in [0.15, 0.2) is 0 Å². The van der Waals surface area contributed by atoms with Crippen LogP contribution < -0.4 is 0 Å². The zero-order valence-corrected chi connectivity index (χ0v) is 5.81. The van der Waals surface area contributed by atoms with Crippen molar-refractivity contribution in [2.45, 2.75) is 11.8 Å². The molecule has 0 atom stereocenters. The smallest absolute Gasteiger partial charge is 0.0726 e. The van der Waals surface area contributed by atoms with E-state index < -0.39 is 0 Å². The molecule has 1 aromatic heterocycles. The monoisotopic (exact) mass is 128 g/mol. The van der Waals surface area contributed by atoms with Gasteiger partial charge in [-0.3, -0.25) is 4.68 Å². The molecule has 0 bridgehead atoms. The molecule has 0 aliphatic rings. The lowest BCUT2D eigenvalue weighted by Gasteiger charge is -1.79. The van der Waals surface area contributed by atoms with Gasteiger partial charge in [0.05, 0.1) is 5.69 Å². The van der Waals surface area contributed by atoms with Gasteiger partial charge in [-0.25, -0.2) is 0 Å². The van der Waals surface area contributed by atoms with E-state index in [1.807, 2.05) is 20.2 Å². The summed E-state index contributed by atoms with van der Waals surface area (Å²) in [5, 5.41) is 4.05. The summed E-state index contributed by atoms with van der Waals surface area (Å²) in [6.07, 6.45) is 1.87. The normalized spacial score (nSPS) is 9.88. The quantitative estimate of drug-likeness (QED) is 0.516. The highest BCUT2D eigenvalue weighted by Gasteiger charge is 1.93. The Hall–Kier alpha value is -0.440. The molecule has 1 aromatic rings. The predicted octanol–water partition coefficient (Wildman–Crippen LogP) is 1.02. The Balaban J connectivity index is 3.14. The van der Waals surface area contributed by atoms with Crippen LogP contribution in [0.3, 0.4) is 0 Å². The molecule has 0 fully saturated rings. The molecule has 0 spiro atoms. The van der Waals surface area contributed by atoms with Gasteiger partial charge in [-0.15, -0.1) is 12.6 Å². The van der Waals surface area contributed by atoms with Crippen LogP contribution in [-0.2, 0) is 7.05 Å². The van der Waals surface area contributed by atoms with Crippen LogP contribution in [0, 0.1) is 6.92 Å². The molecule has 0 saturated carbocycles. The Morgan fingerprint density at radius 1 is 1.75 bits per heavy atom. The second kappa shape index (κ2) is 1.82. The maximum absolute atomic E-state index is 4.14. The summed E-state index contributed by atoms with van der Waals surface area (Å²) in [6.45, 7) is 1.93. The summed E-state index contributed by atoms with van der Waals surface area (Å²) in [5.41, 5.74) is 0.982. The number of nitrogens with zero attached hydrogens (tertiary/aromatic N) is 2. The van der Waals surface area contributed by atoms with E-state index in [4.69, 9.17) is 0 Å². The van der Waals surface area contributed by atoms with E-state index in [-0.39, 0.29) is 0 Å². The van der Waals surface area contributed by atoms with Crippen molar-refractivity contribution >= 4 is 12.6 Å². The summed E-state index contributed by atoms with van der Waals surface area (Å²) in [5.74, 6) is 0. The van der Waals surface area contributed by atoms with E-state index in [0.29, 0.717) is 0 Å². The molecule has 0 radical (unpaired) electrons. The van der Waals surface area contributed by atoms with Crippen molar-refractivity contribution in [2.75, 3.05) is 0 Å². The minimum atomic E-state index is 0.951. The number of hydrogen-bond donors (Lipinski definition) is 1. The SMILES string of the molecule is Cc1nn(C)cc1S. The fourth-order valence-corrected chi connectivity index (χ4v) is 0.799. The highest BCUT2D eigenvalue weighted by Crippen LogP contribution is 2.07. The lowest BCUT2D eigenvalue weighted by molar-refractivity contribution is 0.756. The Morgan fingerprint density at radius 2 is 2.38 bits per heavy atom. The van der Waals surface area contributed by atoms with E-state index >= 15 is 0 Å². The molecule has 0 amide bonds. The van der Waals surface area contributed by atoms with Gasteiger partial charge in [0.1, 0.15) is 0 Å². The van der Waals surface area contributed by atoms with E-state index in [0.717, 1.165) is 10.6 Å². The summed E-state index contributed by atoms with van der Waals surface area (Å²) in [6, 6.07) is 0. The maximum Gasteiger partial charge on any atom is 0.0726 e. The predicted molar refractivity (Wildman–Crippen MR) is 35.2 cm³/mol. The Kier molecular flexibility index (Phi) is 1.29. The van der Waals surface area contributed by atoms with E-state index in [2.05, 4.69) is 17.7 Å². The van der Waals surface area contributed by atoms with Gasteiger partial charge in [0, 0.05) is 18.1 Å². The summed E-state index contributed by atoms with van der Waals surface area (Å²) >= 11 is 4.14. The Morgan fingerprint density at radius 3 is 2.50 bits per heavy atom. The average Bonchev–Trinajstić information content (AvgIpc) is 1.85. The third kappa shape index (κ3) is 0.865. The van der Waals surface area contributed by atoms with Crippen LogP contribution in [0.2, 0.25) is 0 Å². The van der Waals surface area contributed by atoms with Gasteiger partial charge >= 0.3 is 0 Å². The molecule has 0 aliphatic heterocycles. The molecule has 1 heterocycles. The molecule has 0 unspecified atom stereocenters. The highest BCUT2D eigenvalue weighted by atomic mass is 32.1. The summed E-state index contributed by atoms with van der Waals surface area (Å²) in [7, 11) is 1.88. The molecule has 8 heavy (non-hydrogen) atoms. The van der Waals surface area contributed by atoms with Crippen LogP contribution in [-0.4, -0.2) is 9.78 Å². The lowest BCUT2D eigenvalue weighted by Crippen LogP contribution is -1.86. The molecule has 1 rings (SSSR count). The first-order valence-corrected chi connectivity index (χ1v) is 2.84. The minimum Gasteiger partial charge on any atom is -0.274 e. The number of hydrogen-bond acceptors (Lipinski definition) is 2. The summed E-state index contributed by atoms with van der Waals surface area (Å²) < 4.78 is 1.75. The minimum absolute atomic E-state index is 0.951. The Bertz CT molecular complexity index is 173. The van der Waals surface area contributed by atoms with E-state index in [1.165, 1.54) is 0 Å².